The maximum absolute atomic E-state index is 11.7. The van der Waals surface area contributed by atoms with E-state index in [1.54, 1.807) is 0 Å². The predicted octanol–water partition coefficient (Wildman–Crippen LogP) is 4.68. The third-order valence-corrected chi connectivity index (χ3v) is 7.64. The summed E-state index contributed by atoms with van der Waals surface area (Å²) in [6, 6.07) is 0. The summed E-state index contributed by atoms with van der Waals surface area (Å²) in [7, 11) is 0. The predicted molar refractivity (Wildman–Crippen MR) is 90.8 cm³/mol. The fourth-order valence-corrected chi connectivity index (χ4v) is 6.45. The SMILES string of the molecule is CC12CCC3C4CCC(=O)C=C4C=CC3C1CCC2CCN=O. The Labute approximate surface area is 138 Å². The van der Waals surface area contributed by atoms with E-state index in [-0.39, 0.29) is 0 Å². The van der Waals surface area contributed by atoms with Crippen LogP contribution >= 0.6 is 0 Å². The van der Waals surface area contributed by atoms with E-state index in [9.17, 15) is 9.70 Å². The third kappa shape index (κ3) is 2.35. The Hall–Kier alpha value is -1.25. The van der Waals surface area contributed by atoms with Crippen molar-refractivity contribution in [3.05, 3.63) is 28.7 Å². The second-order valence-corrected chi connectivity index (χ2v) is 8.42. The first-order chi connectivity index (χ1) is 11.1. The Kier molecular flexibility index (Phi) is 3.78. The molecular formula is C20H27NO2. The van der Waals surface area contributed by atoms with Crippen LogP contribution in [0.25, 0.3) is 0 Å². The van der Waals surface area contributed by atoms with Crippen LogP contribution in [0.3, 0.4) is 0 Å². The fourth-order valence-electron chi connectivity index (χ4n) is 6.45. The monoisotopic (exact) mass is 313 g/mol. The van der Waals surface area contributed by atoms with Gasteiger partial charge in [-0.15, -0.1) is 0 Å². The van der Waals surface area contributed by atoms with Gasteiger partial charge in [0.1, 0.15) is 0 Å². The summed E-state index contributed by atoms with van der Waals surface area (Å²) < 4.78 is 0. The Bertz CT molecular complexity index is 578. The van der Waals surface area contributed by atoms with Gasteiger partial charge in [0, 0.05) is 6.42 Å². The summed E-state index contributed by atoms with van der Waals surface area (Å²) in [5.74, 6) is 3.77. The summed E-state index contributed by atoms with van der Waals surface area (Å²) in [5, 5.41) is 3.11. The molecule has 4 rings (SSSR count). The number of hydrogen-bond donors (Lipinski definition) is 0. The number of nitrogens with zero attached hydrogens (tertiary/aromatic N) is 1. The number of carbonyl (C=O) groups excluding carboxylic acids is 1. The zero-order valence-electron chi connectivity index (χ0n) is 14.0. The number of hydrogen-bond acceptors (Lipinski definition) is 3. The molecule has 23 heavy (non-hydrogen) atoms. The van der Waals surface area contributed by atoms with Crippen molar-refractivity contribution in [2.75, 3.05) is 6.54 Å². The van der Waals surface area contributed by atoms with E-state index >= 15 is 0 Å². The van der Waals surface area contributed by atoms with Gasteiger partial charge in [-0.3, -0.25) is 4.79 Å². The van der Waals surface area contributed by atoms with Crippen LogP contribution in [0.2, 0.25) is 0 Å². The van der Waals surface area contributed by atoms with Crippen molar-refractivity contribution < 1.29 is 4.79 Å². The number of rotatable bonds is 3. The molecule has 2 saturated carbocycles. The van der Waals surface area contributed by atoms with Crippen LogP contribution in [0, 0.1) is 39.9 Å². The average Bonchev–Trinajstić information content (AvgIpc) is 2.89. The molecule has 3 heteroatoms. The van der Waals surface area contributed by atoms with Crippen molar-refractivity contribution in [1.82, 2.24) is 0 Å². The van der Waals surface area contributed by atoms with Gasteiger partial charge in [0.2, 0.25) is 0 Å². The van der Waals surface area contributed by atoms with E-state index in [0.29, 0.717) is 35.5 Å². The Morgan fingerprint density at radius 2 is 2.13 bits per heavy atom. The van der Waals surface area contributed by atoms with Gasteiger partial charge in [-0.2, -0.15) is 4.91 Å². The zero-order valence-corrected chi connectivity index (χ0v) is 14.0. The van der Waals surface area contributed by atoms with Gasteiger partial charge < -0.3 is 0 Å². The molecule has 0 aromatic carbocycles. The molecule has 0 heterocycles. The highest BCUT2D eigenvalue weighted by atomic mass is 16.3. The quantitative estimate of drug-likeness (QED) is 0.710. The highest BCUT2D eigenvalue weighted by Gasteiger charge is 2.54. The molecule has 0 radical (unpaired) electrons. The van der Waals surface area contributed by atoms with E-state index in [2.05, 4.69) is 24.3 Å². The minimum Gasteiger partial charge on any atom is -0.295 e. The minimum atomic E-state index is 0.308. The molecule has 4 aliphatic carbocycles. The second kappa shape index (κ2) is 5.68. The fraction of sp³-hybridized carbons (Fsp3) is 0.750. The molecule has 0 N–H and O–H groups in total. The van der Waals surface area contributed by atoms with Gasteiger partial charge >= 0.3 is 0 Å². The van der Waals surface area contributed by atoms with Crippen LogP contribution in [-0.4, -0.2) is 12.3 Å². The molecule has 0 amide bonds. The molecule has 0 saturated heterocycles. The van der Waals surface area contributed by atoms with Crippen LogP contribution in [-0.2, 0) is 4.79 Å². The number of nitroso groups, excluding NO2 is 1. The zero-order chi connectivity index (χ0) is 16.0. The molecule has 0 aliphatic heterocycles. The number of carbonyl (C=O) groups is 1. The lowest BCUT2D eigenvalue weighted by molar-refractivity contribution is -0.115. The van der Waals surface area contributed by atoms with Gasteiger partial charge in [-0.05, 0) is 85.2 Å². The Morgan fingerprint density at radius 3 is 2.96 bits per heavy atom. The van der Waals surface area contributed by atoms with E-state index in [1.807, 2.05) is 6.08 Å². The van der Waals surface area contributed by atoms with Crippen LogP contribution in [0.5, 0.6) is 0 Å². The maximum Gasteiger partial charge on any atom is 0.155 e. The largest absolute Gasteiger partial charge is 0.295 e. The lowest BCUT2D eigenvalue weighted by Gasteiger charge is -2.52. The van der Waals surface area contributed by atoms with Gasteiger partial charge in [-0.1, -0.05) is 24.3 Å². The van der Waals surface area contributed by atoms with Crippen molar-refractivity contribution >= 4 is 5.78 Å². The molecule has 124 valence electrons. The van der Waals surface area contributed by atoms with E-state index in [1.165, 1.54) is 31.3 Å². The van der Waals surface area contributed by atoms with E-state index < -0.39 is 0 Å². The lowest BCUT2D eigenvalue weighted by Crippen LogP contribution is -2.45. The summed E-state index contributed by atoms with van der Waals surface area (Å²) >= 11 is 0. The number of fused-ring (bicyclic) bond motifs is 5. The first-order valence-corrected chi connectivity index (χ1v) is 9.35. The molecule has 4 aliphatic rings. The second-order valence-electron chi connectivity index (χ2n) is 8.42. The molecule has 6 atom stereocenters. The highest BCUT2D eigenvalue weighted by molar-refractivity contribution is 5.91. The number of ketones is 1. The molecule has 0 bridgehead atoms. The lowest BCUT2D eigenvalue weighted by atomic mass is 9.53. The Morgan fingerprint density at radius 1 is 1.26 bits per heavy atom. The third-order valence-electron chi connectivity index (χ3n) is 7.64. The standard InChI is InChI=1S/C20H27NO2/c1-20-10-8-17-16-6-4-15(22)12-13(16)2-5-18(17)19(20)7-3-14(20)9-11-21-23/h2,5,12,14,16-19H,3-4,6-11H2,1H3. The minimum absolute atomic E-state index is 0.308. The average molecular weight is 313 g/mol. The first kappa shape index (κ1) is 15.3. The van der Waals surface area contributed by atoms with Crippen molar-refractivity contribution in [3.8, 4) is 0 Å². The Balaban J connectivity index is 1.60. The van der Waals surface area contributed by atoms with Gasteiger partial charge in [0.15, 0.2) is 5.78 Å². The van der Waals surface area contributed by atoms with Crippen molar-refractivity contribution in [2.45, 2.75) is 51.9 Å². The molecule has 6 unspecified atom stereocenters. The molecule has 2 fully saturated rings. The van der Waals surface area contributed by atoms with Crippen LogP contribution < -0.4 is 0 Å². The molecule has 3 nitrogen and oxygen atoms in total. The first-order valence-electron chi connectivity index (χ1n) is 9.35. The topological polar surface area (TPSA) is 46.5 Å². The van der Waals surface area contributed by atoms with Gasteiger partial charge in [-0.25, -0.2) is 0 Å². The van der Waals surface area contributed by atoms with Gasteiger partial charge in [0.05, 0.1) is 6.54 Å². The van der Waals surface area contributed by atoms with Crippen LogP contribution in [0.4, 0.5) is 0 Å². The van der Waals surface area contributed by atoms with Crippen LogP contribution in [0.1, 0.15) is 51.9 Å². The maximum atomic E-state index is 11.7. The van der Waals surface area contributed by atoms with Gasteiger partial charge in [0.25, 0.3) is 0 Å². The summed E-state index contributed by atoms with van der Waals surface area (Å²) in [5.41, 5.74) is 1.69. The summed E-state index contributed by atoms with van der Waals surface area (Å²) in [6.45, 7) is 2.95. The smallest absolute Gasteiger partial charge is 0.155 e. The van der Waals surface area contributed by atoms with Crippen molar-refractivity contribution in [1.29, 1.82) is 0 Å². The molecule has 0 aromatic heterocycles. The molecule has 0 aromatic rings. The molecular weight excluding hydrogens is 286 g/mol. The summed E-state index contributed by atoms with van der Waals surface area (Å²) in [4.78, 5) is 22.3. The molecule has 0 spiro atoms. The van der Waals surface area contributed by atoms with Crippen molar-refractivity contribution in [3.63, 3.8) is 0 Å². The van der Waals surface area contributed by atoms with E-state index in [4.69, 9.17) is 0 Å². The van der Waals surface area contributed by atoms with Crippen molar-refractivity contribution in [2.24, 2.45) is 40.2 Å². The summed E-state index contributed by atoms with van der Waals surface area (Å²) in [6.07, 6.45) is 14.5. The normalized spacial score (nSPS) is 45.0. The number of allylic oxidation sites excluding steroid dienone is 4. The van der Waals surface area contributed by atoms with Crippen LogP contribution in [0.15, 0.2) is 29.0 Å². The highest BCUT2D eigenvalue weighted by Crippen LogP contribution is 2.62. The van der Waals surface area contributed by atoms with E-state index in [0.717, 1.165) is 31.1 Å².